The lowest BCUT2D eigenvalue weighted by Crippen LogP contribution is -0.569. The SMILES string of the molecule is C#N.N.N.O.S. The quantitative estimate of drug-likeness (QED) is 0.449. The van der Waals surface area contributed by atoms with Crippen molar-refractivity contribution in [2.75, 3.05) is 0 Å². The van der Waals surface area contributed by atoms with E-state index in [1.165, 1.54) is 0 Å². The van der Waals surface area contributed by atoms with E-state index in [1.807, 2.05) is 0 Å². The maximum Gasteiger partial charge on any atom is 0.0462 e. The fourth-order valence-corrected chi connectivity index (χ4v) is 0. The highest BCUT2D eigenvalue weighted by Gasteiger charge is 0.513. The zero-order valence-electron chi connectivity index (χ0n) is 3.44. The summed E-state index contributed by atoms with van der Waals surface area (Å²) in [5.74, 6) is 0. The summed E-state index contributed by atoms with van der Waals surface area (Å²) in [6.07, 6.45) is 0. The van der Waals surface area contributed by atoms with E-state index < -0.39 is 0 Å². The van der Waals surface area contributed by atoms with Crippen LogP contribution in [0.3, 0.4) is 0 Å². The Morgan fingerprint density at radius 3 is 1.00 bits per heavy atom. The van der Waals surface area contributed by atoms with Crippen LogP contribution in [-0.2, 0) is 0 Å². The summed E-state index contributed by atoms with van der Waals surface area (Å²) < 4.78 is 0. The number of nitriles is 1. The molecule has 0 amide bonds. The molecule has 0 aromatic heterocycles. The molecule has 0 bridgehead atoms. The van der Waals surface area contributed by atoms with Gasteiger partial charge in [0.05, 0.1) is 0 Å². The van der Waals surface area contributed by atoms with Crippen molar-refractivity contribution in [1.29, 1.82) is 5.26 Å². The van der Waals surface area contributed by atoms with E-state index in [2.05, 4.69) is 6.57 Å². The normalized spacial score (nSPS) is 0.333. The fourth-order valence-electron chi connectivity index (χ4n) is 0. The van der Waals surface area contributed by atoms with Crippen LogP contribution in [0.1, 0.15) is 0 Å². The van der Waals surface area contributed by atoms with Crippen molar-refractivity contribution < 1.29 is 5.48 Å². The molecule has 0 aliphatic carbocycles. The van der Waals surface area contributed by atoms with Crippen LogP contribution in [0.5, 0.6) is 0 Å². The van der Waals surface area contributed by atoms with Gasteiger partial charge in [0.1, 0.15) is 0 Å². The molecule has 0 radical (unpaired) electrons. The minimum Gasteiger partial charge on any atom is -0.412 e. The summed E-state index contributed by atoms with van der Waals surface area (Å²) >= 11 is 0. The zero-order chi connectivity index (χ0) is 2.00. The molecule has 5 heteroatoms. The second-order valence-corrected chi connectivity index (χ2v) is 0. The molecule has 0 atom stereocenters. The second kappa shape index (κ2) is 833. The summed E-state index contributed by atoms with van der Waals surface area (Å²) in [4.78, 5) is 0. The van der Waals surface area contributed by atoms with E-state index in [4.69, 9.17) is 5.26 Å². The molecule has 0 aliphatic rings. The Kier molecular flexibility index (Phi) is 34100. The Hall–Kier alpha value is -0.280. The Balaban J connectivity index is -0.000000000833. The fraction of sp³-hybridized carbons (Fsp3) is 0. The van der Waals surface area contributed by atoms with Gasteiger partial charge in [0.2, 0.25) is 0 Å². The van der Waals surface area contributed by atoms with E-state index in [-0.39, 0.29) is 31.3 Å². The first kappa shape index (κ1) is 246. The van der Waals surface area contributed by atoms with Gasteiger partial charge < -0.3 is 17.8 Å². The number of hydrogen-bond acceptors (Lipinski definition) is 3. The molecular weight excluding hydrogens is 102 g/mol. The average molecular weight is 113 g/mol. The molecule has 0 fully saturated rings. The Morgan fingerprint density at radius 2 is 1.00 bits per heavy atom. The predicted molar refractivity (Wildman–Crippen MR) is 30.7 cm³/mol. The van der Waals surface area contributed by atoms with E-state index >= 15 is 0 Å². The summed E-state index contributed by atoms with van der Waals surface area (Å²) in [6, 6.07) is 0. The molecule has 0 saturated carbocycles. The molecular formula is CH11N3OS. The summed E-state index contributed by atoms with van der Waals surface area (Å²) in [6.45, 7) is 3.50. The first-order chi connectivity index (χ1) is 1.00. The third-order valence-electron chi connectivity index (χ3n) is 0. The molecule has 0 rings (SSSR count). The van der Waals surface area contributed by atoms with Gasteiger partial charge in [-0.1, -0.05) is 0 Å². The summed E-state index contributed by atoms with van der Waals surface area (Å²) in [7, 11) is 0. The molecule has 6 heavy (non-hydrogen) atoms. The van der Waals surface area contributed by atoms with Crippen molar-refractivity contribution in [2.45, 2.75) is 0 Å². The van der Waals surface area contributed by atoms with Gasteiger partial charge in [-0.25, -0.2) is 5.26 Å². The van der Waals surface area contributed by atoms with Gasteiger partial charge in [-0.05, 0) is 0 Å². The Bertz CT molecular complexity index is 15.5. The maximum atomic E-state index is 6.50. The molecule has 0 unspecified atom stereocenters. The monoisotopic (exact) mass is 113 g/mol. The lowest BCUT2D eigenvalue weighted by molar-refractivity contribution is 0.824. The Labute approximate surface area is 44.1 Å². The highest BCUT2D eigenvalue weighted by Crippen LogP contribution is 0.648. The standard InChI is InChI=1S/CHN.2H3N.H2O.H2S/c1-2;;;;/h1H;2*1H3;2*1H2. The molecule has 0 aromatic carbocycles. The molecule has 0 aliphatic heterocycles. The molecule has 0 heterocycles. The van der Waals surface area contributed by atoms with Gasteiger partial charge in [0, 0.05) is 6.57 Å². The van der Waals surface area contributed by atoms with Gasteiger partial charge >= 0.3 is 0 Å². The molecule has 42 valence electrons. The smallest absolute Gasteiger partial charge is 0.0462 e. The molecule has 8 N–H and O–H groups in total. The van der Waals surface area contributed by atoms with E-state index in [0.29, 0.717) is 0 Å². The molecule has 4 nitrogen and oxygen atoms in total. The van der Waals surface area contributed by atoms with Crippen LogP contribution in [0.4, 0.5) is 0 Å². The van der Waals surface area contributed by atoms with Crippen molar-refractivity contribution >= 4 is 13.5 Å². The van der Waals surface area contributed by atoms with Crippen molar-refractivity contribution in [3.05, 3.63) is 0 Å². The zero-order valence-corrected chi connectivity index (χ0v) is 4.44. The van der Waals surface area contributed by atoms with E-state index in [0.717, 1.165) is 0 Å². The predicted octanol–water partition coefficient (Wildman–Crippen LogP) is -0.248. The van der Waals surface area contributed by atoms with Crippen LogP contribution in [0.2, 0.25) is 0 Å². The summed E-state index contributed by atoms with van der Waals surface area (Å²) in [5, 5.41) is 6.50. The van der Waals surface area contributed by atoms with Crippen LogP contribution in [0.25, 0.3) is 0 Å². The lowest BCUT2D eigenvalue weighted by Gasteiger charge is -0.668. The molecule has 0 spiro atoms. The maximum absolute atomic E-state index is 6.50. The van der Waals surface area contributed by atoms with Gasteiger partial charge in [0.25, 0.3) is 0 Å². The first-order valence-corrected chi connectivity index (χ1v) is 0.258. The topological polar surface area (TPSA) is 125 Å². The van der Waals surface area contributed by atoms with Crippen molar-refractivity contribution in [2.24, 2.45) is 0 Å². The van der Waals surface area contributed by atoms with Crippen molar-refractivity contribution in [3.8, 4) is 6.57 Å². The third-order valence-corrected chi connectivity index (χ3v) is 0. The van der Waals surface area contributed by atoms with E-state index in [1.54, 1.807) is 0 Å². The van der Waals surface area contributed by atoms with E-state index in [9.17, 15) is 0 Å². The highest BCUT2D eigenvalue weighted by atomic mass is 32.1. The van der Waals surface area contributed by atoms with Crippen LogP contribution >= 0.6 is 13.5 Å². The van der Waals surface area contributed by atoms with Crippen LogP contribution in [0, 0.1) is 11.8 Å². The third kappa shape index (κ3) is 351. The Morgan fingerprint density at radius 1 is 1.00 bits per heavy atom. The lowest BCUT2D eigenvalue weighted by atomic mass is 11.9. The van der Waals surface area contributed by atoms with Crippen LogP contribution in [0.15, 0.2) is 0 Å². The minimum absolute atomic E-state index is 0. The van der Waals surface area contributed by atoms with Crippen LogP contribution < -0.4 is 12.3 Å². The summed E-state index contributed by atoms with van der Waals surface area (Å²) in [5.41, 5.74) is 0. The molecule has 0 aromatic rings. The van der Waals surface area contributed by atoms with Crippen LogP contribution in [-0.4, -0.2) is 5.48 Å². The highest BCUT2D eigenvalue weighted by molar-refractivity contribution is 7.59. The van der Waals surface area contributed by atoms with Crippen molar-refractivity contribution in [3.63, 3.8) is 0 Å². The number of hydrogen-bond donors (Lipinski definition) is 2. The van der Waals surface area contributed by atoms with Gasteiger partial charge in [-0.15, -0.1) is 0 Å². The van der Waals surface area contributed by atoms with Crippen molar-refractivity contribution in [1.82, 2.24) is 12.3 Å². The minimum atomic E-state index is 0. The number of rotatable bonds is 0. The van der Waals surface area contributed by atoms with Gasteiger partial charge in [-0.3, -0.25) is 0 Å². The first-order valence-electron chi connectivity index (χ1n) is 0.258. The van der Waals surface area contributed by atoms with Gasteiger partial charge in [0.15, 0.2) is 0 Å². The molecule has 0 saturated heterocycles. The van der Waals surface area contributed by atoms with Gasteiger partial charge in [-0.2, -0.15) is 13.5 Å². The second-order valence-electron chi connectivity index (χ2n) is 0. The largest absolute Gasteiger partial charge is 0.412 e. The number of nitrogens with zero attached hydrogens (tertiary/aromatic N) is 1. The average Bonchev–Trinajstić information content (AvgIpc) is 1.00.